The SMILES string of the molecule is O=C(CN1CCCCCC1)N1CC[C@@H]2OCc3cnnn3[C@H]2C1. The van der Waals surface area contributed by atoms with Crippen LogP contribution in [0.5, 0.6) is 0 Å². The molecule has 4 rings (SSSR count). The van der Waals surface area contributed by atoms with E-state index in [9.17, 15) is 4.79 Å². The average Bonchev–Trinajstić information content (AvgIpc) is 2.92. The molecule has 0 radical (unpaired) electrons. The largest absolute Gasteiger partial charge is 0.370 e. The first kappa shape index (κ1) is 15.1. The van der Waals surface area contributed by atoms with Crippen LogP contribution in [-0.4, -0.2) is 69.5 Å². The predicted octanol–water partition coefficient (Wildman–Crippen LogP) is 0.826. The summed E-state index contributed by atoms with van der Waals surface area (Å²) in [6.45, 7) is 4.73. The molecular formula is C16H25N5O2. The minimum absolute atomic E-state index is 0.114. The second-order valence-corrected chi connectivity index (χ2v) is 6.91. The number of carbonyl (C=O) groups is 1. The van der Waals surface area contributed by atoms with Crippen molar-refractivity contribution >= 4 is 5.91 Å². The monoisotopic (exact) mass is 319 g/mol. The molecule has 1 aromatic heterocycles. The Bertz CT molecular complexity index is 552. The van der Waals surface area contributed by atoms with Crippen molar-refractivity contribution in [3.05, 3.63) is 11.9 Å². The molecule has 0 bridgehead atoms. The zero-order valence-corrected chi connectivity index (χ0v) is 13.6. The number of carbonyl (C=O) groups excluding carboxylic acids is 1. The van der Waals surface area contributed by atoms with Crippen molar-refractivity contribution in [1.29, 1.82) is 0 Å². The van der Waals surface area contributed by atoms with E-state index in [0.717, 1.165) is 31.7 Å². The second kappa shape index (κ2) is 6.57. The smallest absolute Gasteiger partial charge is 0.236 e. The van der Waals surface area contributed by atoms with Gasteiger partial charge in [-0.15, -0.1) is 5.10 Å². The first-order valence-corrected chi connectivity index (χ1v) is 8.82. The molecule has 7 heteroatoms. The Morgan fingerprint density at radius 1 is 1.22 bits per heavy atom. The zero-order valence-electron chi connectivity index (χ0n) is 13.6. The summed E-state index contributed by atoms with van der Waals surface area (Å²) < 4.78 is 7.87. The van der Waals surface area contributed by atoms with Gasteiger partial charge in [0.25, 0.3) is 0 Å². The van der Waals surface area contributed by atoms with E-state index in [-0.39, 0.29) is 18.1 Å². The number of nitrogens with zero attached hydrogens (tertiary/aromatic N) is 5. The van der Waals surface area contributed by atoms with E-state index in [1.807, 2.05) is 9.58 Å². The third-order valence-corrected chi connectivity index (χ3v) is 5.34. The number of piperidine rings is 1. The molecule has 4 heterocycles. The minimum Gasteiger partial charge on any atom is -0.370 e. The van der Waals surface area contributed by atoms with Gasteiger partial charge >= 0.3 is 0 Å². The highest BCUT2D eigenvalue weighted by molar-refractivity contribution is 5.78. The lowest BCUT2D eigenvalue weighted by atomic mass is 10.0. The molecule has 0 aromatic carbocycles. The molecule has 23 heavy (non-hydrogen) atoms. The van der Waals surface area contributed by atoms with Gasteiger partial charge in [0.15, 0.2) is 0 Å². The highest BCUT2D eigenvalue weighted by Crippen LogP contribution is 2.30. The van der Waals surface area contributed by atoms with E-state index in [1.165, 1.54) is 25.7 Å². The first-order chi connectivity index (χ1) is 11.3. The maximum absolute atomic E-state index is 12.7. The molecular weight excluding hydrogens is 294 g/mol. The average molecular weight is 319 g/mol. The van der Waals surface area contributed by atoms with Crippen LogP contribution in [0.25, 0.3) is 0 Å². The summed E-state index contributed by atoms with van der Waals surface area (Å²) in [5, 5.41) is 8.19. The molecule has 2 atom stereocenters. The Kier molecular flexibility index (Phi) is 4.31. The van der Waals surface area contributed by atoms with E-state index in [1.54, 1.807) is 6.20 Å². The van der Waals surface area contributed by atoms with Gasteiger partial charge in [0, 0.05) is 13.1 Å². The van der Waals surface area contributed by atoms with Crippen LogP contribution in [0.15, 0.2) is 6.20 Å². The number of likely N-dealkylation sites (tertiary alicyclic amines) is 2. The lowest BCUT2D eigenvalue weighted by Gasteiger charge is -2.41. The Morgan fingerprint density at radius 2 is 2.04 bits per heavy atom. The minimum atomic E-state index is 0.114. The lowest BCUT2D eigenvalue weighted by molar-refractivity contribution is -0.139. The molecule has 0 spiro atoms. The molecule has 126 valence electrons. The highest BCUT2D eigenvalue weighted by Gasteiger charge is 2.37. The Labute approximate surface area is 136 Å². The van der Waals surface area contributed by atoms with Crippen LogP contribution < -0.4 is 0 Å². The van der Waals surface area contributed by atoms with Gasteiger partial charge < -0.3 is 9.64 Å². The van der Waals surface area contributed by atoms with Gasteiger partial charge in [0.1, 0.15) is 0 Å². The summed E-state index contributed by atoms with van der Waals surface area (Å²) in [4.78, 5) is 17.0. The number of hydrogen-bond donors (Lipinski definition) is 0. The van der Waals surface area contributed by atoms with Crippen LogP contribution in [-0.2, 0) is 16.1 Å². The number of aromatic nitrogens is 3. The van der Waals surface area contributed by atoms with Crippen molar-refractivity contribution in [3.63, 3.8) is 0 Å². The topological polar surface area (TPSA) is 63.5 Å². The summed E-state index contributed by atoms with van der Waals surface area (Å²) in [5.41, 5.74) is 1.01. The van der Waals surface area contributed by atoms with E-state index in [2.05, 4.69) is 15.2 Å². The van der Waals surface area contributed by atoms with E-state index < -0.39 is 0 Å². The quantitative estimate of drug-likeness (QED) is 0.808. The van der Waals surface area contributed by atoms with Crippen molar-refractivity contribution in [2.45, 2.75) is 50.9 Å². The summed E-state index contributed by atoms with van der Waals surface area (Å²) in [7, 11) is 0. The highest BCUT2D eigenvalue weighted by atomic mass is 16.5. The Balaban J connectivity index is 1.40. The van der Waals surface area contributed by atoms with Crippen LogP contribution in [0.4, 0.5) is 0 Å². The summed E-state index contributed by atoms with van der Waals surface area (Å²) in [6, 6.07) is 0.114. The molecule has 2 fully saturated rings. The molecule has 1 amide bonds. The van der Waals surface area contributed by atoms with Gasteiger partial charge in [0.2, 0.25) is 5.91 Å². The summed E-state index contributed by atoms with van der Waals surface area (Å²) in [5.74, 6) is 0.248. The molecule has 3 aliphatic heterocycles. The van der Waals surface area contributed by atoms with Crippen LogP contribution in [0.3, 0.4) is 0 Å². The number of ether oxygens (including phenoxy) is 1. The van der Waals surface area contributed by atoms with Crippen LogP contribution >= 0.6 is 0 Å². The fraction of sp³-hybridized carbons (Fsp3) is 0.812. The van der Waals surface area contributed by atoms with Crippen molar-refractivity contribution in [2.75, 3.05) is 32.7 Å². The summed E-state index contributed by atoms with van der Waals surface area (Å²) in [6.07, 6.45) is 7.83. The van der Waals surface area contributed by atoms with Gasteiger partial charge in [0.05, 0.1) is 37.2 Å². The normalized spacial score (nSPS) is 28.8. The van der Waals surface area contributed by atoms with Crippen molar-refractivity contribution < 1.29 is 9.53 Å². The van der Waals surface area contributed by atoms with E-state index in [4.69, 9.17) is 4.74 Å². The van der Waals surface area contributed by atoms with Gasteiger partial charge in [-0.3, -0.25) is 9.69 Å². The van der Waals surface area contributed by atoms with Crippen molar-refractivity contribution in [1.82, 2.24) is 24.8 Å². The first-order valence-electron chi connectivity index (χ1n) is 8.82. The van der Waals surface area contributed by atoms with Crippen LogP contribution in [0.1, 0.15) is 43.8 Å². The molecule has 3 aliphatic rings. The lowest BCUT2D eigenvalue weighted by Crippen LogP contribution is -2.52. The van der Waals surface area contributed by atoms with E-state index >= 15 is 0 Å². The van der Waals surface area contributed by atoms with Gasteiger partial charge in [-0.2, -0.15) is 0 Å². The molecule has 7 nitrogen and oxygen atoms in total. The molecule has 0 aliphatic carbocycles. The van der Waals surface area contributed by atoms with Crippen molar-refractivity contribution in [3.8, 4) is 0 Å². The van der Waals surface area contributed by atoms with Gasteiger partial charge in [-0.05, 0) is 32.4 Å². The van der Waals surface area contributed by atoms with Crippen LogP contribution in [0, 0.1) is 0 Å². The fourth-order valence-electron chi connectivity index (χ4n) is 3.99. The standard InChI is InChI=1S/C16H25N5O2/c22-16(11-19-6-3-1-2-4-7-19)20-8-5-15-14(10-20)21-13(12-23-15)9-17-18-21/h9,14-15H,1-8,10-12H2/t14-,15-/m0/s1. The molecule has 2 saturated heterocycles. The zero-order chi connectivity index (χ0) is 15.6. The van der Waals surface area contributed by atoms with E-state index in [0.29, 0.717) is 19.7 Å². The second-order valence-electron chi connectivity index (χ2n) is 6.91. The summed E-state index contributed by atoms with van der Waals surface area (Å²) >= 11 is 0. The van der Waals surface area contributed by atoms with Gasteiger partial charge in [-0.25, -0.2) is 4.68 Å². The number of fused-ring (bicyclic) bond motifs is 3. The predicted molar refractivity (Wildman–Crippen MR) is 83.7 cm³/mol. The number of amides is 1. The maximum Gasteiger partial charge on any atom is 0.236 e. The van der Waals surface area contributed by atoms with Gasteiger partial charge in [-0.1, -0.05) is 18.1 Å². The Hall–Kier alpha value is -1.47. The molecule has 0 saturated carbocycles. The van der Waals surface area contributed by atoms with Crippen molar-refractivity contribution in [2.24, 2.45) is 0 Å². The maximum atomic E-state index is 12.7. The van der Waals surface area contributed by atoms with Crippen LogP contribution in [0.2, 0.25) is 0 Å². The Morgan fingerprint density at radius 3 is 2.87 bits per heavy atom. The molecule has 1 aromatic rings. The number of rotatable bonds is 2. The molecule has 0 N–H and O–H groups in total. The molecule has 0 unspecified atom stereocenters. The third kappa shape index (κ3) is 3.12. The third-order valence-electron chi connectivity index (χ3n) is 5.34. The fourth-order valence-corrected chi connectivity index (χ4v) is 3.99. The number of hydrogen-bond acceptors (Lipinski definition) is 5.